The van der Waals surface area contributed by atoms with Gasteiger partial charge in [0.05, 0.1) is 16.3 Å². The molecule has 0 radical (unpaired) electrons. The van der Waals surface area contributed by atoms with E-state index in [9.17, 15) is 4.79 Å². The molecule has 0 aliphatic carbocycles. The summed E-state index contributed by atoms with van der Waals surface area (Å²) in [7, 11) is 1.78. The van der Waals surface area contributed by atoms with Crippen LogP contribution in [0.4, 0.5) is 0 Å². The van der Waals surface area contributed by atoms with Gasteiger partial charge in [-0.1, -0.05) is 59.6 Å². The van der Waals surface area contributed by atoms with Crippen LogP contribution in [-0.4, -0.2) is 24.4 Å². The summed E-state index contributed by atoms with van der Waals surface area (Å²) in [5.74, 6) is 0.842. The number of carbonyl (C=O) groups excluding carboxylic acids is 1. The predicted molar refractivity (Wildman–Crippen MR) is 107 cm³/mol. The maximum Gasteiger partial charge on any atom is 0.277 e. The van der Waals surface area contributed by atoms with Crippen LogP contribution in [0.1, 0.15) is 22.9 Å². The summed E-state index contributed by atoms with van der Waals surface area (Å²) in [5, 5.41) is 2.98. The Kier molecular flexibility index (Phi) is 6.56. The van der Waals surface area contributed by atoms with E-state index in [-0.39, 0.29) is 11.9 Å². The summed E-state index contributed by atoms with van der Waals surface area (Å²) < 4.78 is 5.58. The zero-order valence-corrected chi connectivity index (χ0v) is 16.5. The van der Waals surface area contributed by atoms with Crippen molar-refractivity contribution >= 4 is 29.1 Å². The number of hydrogen-bond acceptors (Lipinski definition) is 2. The summed E-state index contributed by atoms with van der Waals surface area (Å²) >= 11 is 12.0. The lowest BCUT2D eigenvalue weighted by molar-refractivity contribution is -0.679. The molecule has 0 spiro atoms. The number of furan rings is 1. The lowest BCUT2D eigenvalue weighted by atomic mass is 10.0. The Morgan fingerprint density at radius 2 is 1.85 bits per heavy atom. The van der Waals surface area contributed by atoms with Crippen LogP contribution in [0.15, 0.2) is 71.3 Å². The van der Waals surface area contributed by atoms with Crippen molar-refractivity contribution in [3.8, 4) is 0 Å². The van der Waals surface area contributed by atoms with Crippen LogP contribution < -0.4 is 5.32 Å². The first-order chi connectivity index (χ1) is 13.0. The Balaban J connectivity index is 1.64. The molecule has 0 saturated heterocycles. The second kappa shape index (κ2) is 9.09. The van der Waals surface area contributed by atoms with Crippen LogP contribution in [0.3, 0.4) is 0 Å². The van der Waals surface area contributed by atoms with Gasteiger partial charge in [-0.25, -0.2) is 0 Å². The summed E-state index contributed by atoms with van der Waals surface area (Å²) in [5.41, 5.74) is 2.03. The third kappa shape index (κ3) is 5.13. The predicted octanol–water partition coefficient (Wildman–Crippen LogP) is 3.90. The fourth-order valence-corrected chi connectivity index (χ4v) is 3.24. The smallest absolute Gasteiger partial charge is 0.277 e. The molecule has 0 bridgehead atoms. The van der Waals surface area contributed by atoms with E-state index in [1.54, 1.807) is 30.3 Å². The van der Waals surface area contributed by atoms with Crippen molar-refractivity contribution in [3.05, 3.63) is 93.9 Å². The number of nitrogens with zero attached hydrogens (tertiary/aromatic N) is 1. The molecule has 3 rings (SSSR count). The summed E-state index contributed by atoms with van der Waals surface area (Å²) in [6, 6.07) is 19.1. The SMILES string of the molecule is CN(Cc1ccc(Cl)c(Cl)c1)C(=O)C[NH2+][C@@H](c1ccccc1)c1ccco1. The van der Waals surface area contributed by atoms with E-state index >= 15 is 0 Å². The molecule has 2 N–H and O–H groups in total. The largest absolute Gasteiger partial charge is 0.463 e. The molecule has 0 saturated carbocycles. The Hall–Kier alpha value is -2.27. The lowest BCUT2D eigenvalue weighted by Gasteiger charge is -2.19. The van der Waals surface area contributed by atoms with Gasteiger partial charge in [-0.05, 0) is 29.8 Å². The minimum absolute atomic E-state index is 0.0218. The average molecular weight is 404 g/mol. The summed E-state index contributed by atoms with van der Waals surface area (Å²) in [4.78, 5) is 14.3. The molecule has 1 heterocycles. The van der Waals surface area contributed by atoms with Gasteiger partial charge in [0.1, 0.15) is 0 Å². The van der Waals surface area contributed by atoms with Gasteiger partial charge in [-0.3, -0.25) is 4.79 Å². The van der Waals surface area contributed by atoms with Crippen molar-refractivity contribution in [2.75, 3.05) is 13.6 Å². The molecule has 1 aromatic heterocycles. The number of hydrogen-bond donors (Lipinski definition) is 1. The molecule has 2 aromatic carbocycles. The molecular weight excluding hydrogens is 383 g/mol. The zero-order valence-electron chi connectivity index (χ0n) is 14.9. The number of nitrogens with two attached hydrogens (primary N) is 1. The van der Waals surface area contributed by atoms with Crippen molar-refractivity contribution in [1.29, 1.82) is 0 Å². The highest BCUT2D eigenvalue weighted by Crippen LogP contribution is 2.23. The van der Waals surface area contributed by atoms with Gasteiger partial charge in [0, 0.05) is 19.2 Å². The minimum Gasteiger partial charge on any atom is -0.463 e. The van der Waals surface area contributed by atoms with Crippen LogP contribution in [-0.2, 0) is 11.3 Å². The van der Waals surface area contributed by atoms with Gasteiger partial charge in [-0.15, -0.1) is 0 Å². The van der Waals surface area contributed by atoms with Gasteiger partial charge in [0.25, 0.3) is 5.91 Å². The van der Waals surface area contributed by atoms with Crippen molar-refractivity contribution in [2.45, 2.75) is 12.6 Å². The molecule has 27 heavy (non-hydrogen) atoms. The van der Waals surface area contributed by atoms with Gasteiger partial charge in [0.2, 0.25) is 0 Å². The van der Waals surface area contributed by atoms with Crippen molar-refractivity contribution in [1.82, 2.24) is 4.90 Å². The Morgan fingerprint density at radius 1 is 1.07 bits per heavy atom. The van der Waals surface area contributed by atoms with E-state index in [0.717, 1.165) is 16.9 Å². The highest BCUT2D eigenvalue weighted by atomic mass is 35.5. The van der Waals surface area contributed by atoms with Crippen molar-refractivity contribution in [3.63, 3.8) is 0 Å². The van der Waals surface area contributed by atoms with Gasteiger partial charge in [0.15, 0.2) is 18.3 Å². The van der Waals surface area contributed by atoms with Crippen LogP contribution in [0.2, 0.25) is 10.0 Å². The maximum atomic E-state index is 12.6. The normalized spacial score (nSPS) is 12.0. The first kappa shape index (κ1) is 19.5. The van der Waals surface area contributed by atoms with Crippen LogP contribution in [0, 0.1) is 0 Å². The van der Waals surface area contributed by atoms with Crippen LogP contribution in [0.5, 0.6) is 0 Å². The second-order valence-electron chi connectivity index (χ2n) is 6.34. The molecule has 0 fully saturated rings. The van der Waals surface area contributed by atoms with Gasteiger partial charge < -0.3 is 14.6 Å². The Labute approximate surface area is 168 Å². The van der Waals surface area contributed by atoms with Crippen LogP contribution in [0.25, 0.3) is 0 Å². The van der Waals surface area contributed by atoms with Gasteiger partial charge >= 0.3 is 0 Å². The lowest BCUT2D eigenvalue weighted by Crippen LogP contribution is -2.87. The first-order valence-corrected chi connectivity index (χ1v) is 9.39. The summed E-state index contributed by atoms with van der Waals surface area (Å²) in [6.07, 6.45) is 1.65. The number of carbonyl (C=O) groups is 1. The number of rotatable bonds is 7. The van der Waals surface area contributed by atoms with Crippen molar-refractivity contribution < 1.29 is 14.5 Å². The fraction of sp³-hybridized carbons (Fsp3) is 0.190. The Bertz CT molecular complexity index is 882. The Morgan fingerprint density at radius 3 is 2.52 bits per heavy atom. The molecule has 3 aromatic rings. The number of likely N-dealkylation sites (N-methyl/N-ethyl adjacent to an activating group) is 1. The summed E-state index contributed by atoms with van der Waals surface area (Å²) in [6.45, 7) is 0.776. The number of quaternary nitrogens is 1. The van der Waals surface area contributed by atoms with Crippen LogP contribution >= 0.6 is 23.2 Å². The molecule has 6 heteroatoms. The quantitative estimate of drug-likeness (QED) is 0.650. The third-order valence-corrected chi connectivity index (χ3v) is 5.11. The highest BCUT2D eigenvalue weighted by Gasteiger charge is 2.22. The molecule has 1 atom stereocenters. The number of halogens is 2. The average Bonchev–Trinajstić information content (AvgIpc) is 3.20. The number of benzene rings is 2. The van der Waals surface area contributed by atoms with Gasteiger partial charge in [-0.2, -0.15) is 0 Å². The standard InChI is InChI=1S/C21H20Cl2N2O2/c1-25(14-15-9-10-17(22)18(23)12-15)20(26)13-24-21(19-8-5-11-27-19)16-6-3-2-4-7-16/h2-12,21,24H,13-14H2,1H3/p+1/t21-/m0/s1. The molecular formula is C21H21Cl2N2O2+. The van der Waals surface area contributed by atoms with E-state index in [1.807, 2.05) is 53.8 Å². The monoisotopic (exact) mass is 403 g/mol. The van der Waals surface area contributed by atoms with E-state index < -0.39 is 0 Å². The molecule has 0 unspecified atom stereocenters. The van der Waals surface area contributed by atoms with Crippen molar-refractivity contribution in [2.24, 2.45) is 0 Å². The zero-order chi connectivity index (χ0) is 19.2. The molecule has 140 valence electrons. The molecule has 4 nitrogen and oxygen atoms in total. The molecule has 0 aliphatic rings. The highest BCUT2D eigenvalue weighted by molar-refractivity contribution is 6.42. The van der Waals surface area contributed by atoms with E-state index in [0.29, 0.717) is 23.1 Å². The van der Waals surface area contributed by atoms with E-state index in [1.165, 1.54) is 0 Å². The minimum atomic E-state index is -0.0662. The fourth-order valence-electron chi connectivity index (χ4n) is 2.92. The first-order valence-electron chi connectivity index (χ1n) is 8.64. The second-order valence-corrected chi connectivity index (χ2v) is 7.16. The maximum absolute atomic E-state index is 12.6. The van der Waals surface area contributed by atoms with E-state index in [4.69, 9.17) is 27.6 Å². The molecule has 0 aliphatic heterocycles. The third-order valence-electron chi connectivity index (χ3n) is 4.37. The molecule has 1 amide bonds. The number of amides is 1. The van der Waals surface area contributed by atoms with E-state index in [2.05, 4.69) is 0 Å². The topological polar surface area (TPSA) is 50.1 Å².